The van der Waals surface area contributed by atoms with Gasteiger partial charge in [-0.15, -0.1) is 0 Å². The van der Waals surface area contributed by atoms with E-state index >= 15 is 0 Å². The third kappa shape index (κ3) is 6.29. The van der Waals surface area contributed by atoms with Gasteiger partial charge in [-0.3, -0.25) is 0 Å². The quantitative estimate of drug-likeness (QED) is 0.243. The van der Waals surface area contributed by atoms with Crippen molar-refractivity contribution in [2.24, 2.45) is 0 Å². The molecule has 4 aromatic rings. The van der Waals surface area contributed by atoms with Crippen molar-refractivity contribution in [3.8, 4) is 5.75 Å². The average molecular weight is 526 g/mol. The number of aryl methyl sites for hydroxylation is 1. The van der Waals surface area contributed by atoms with E-state index < -0.39 is 29.6 Å². The molecule has 1 heterocycles. The number of carbonyl (C=O) groups excluding carboxylic acids is 1. The van der Waals surface area contributed by atoms with E-state index in [0.717, 1.165) is 16.8 Å². The minimum Gasteiger partial charge on any atom is -0.483 e. The summed E-state index contributed by atoms with van der Waals surface area (Å²) in [5.41, 5.74) is 4.44. The van der Waals surface area contributed by atoms with Crippen molar-refractivity contribution in [1.29, 1.82) is 0 Å². The predicted octanol–water partition coefficient (Wildman–Crippen LogP) is 7.40. The zero-order valence-electron chi connectivity index (χ0n) is 22.3. The Morgan fingerprint density at radius 2 is 1.64 bits per heavy atom. The van der Waals surface area contributed by atoms with Crippen molar-refractivity contribution in [2.75, 3.05) is 5.32 Å². The lowest BCUT2D eigenvalue weighted by Gasteiger charge is -2.43. The van der Waals surface area contributed by atoms with E-state index in [9.17, 15) is 9.18 Å². The molecule has 0 spiro atoms. The van der Waals surface area contributed by atoms with E-state index in [1.807, 2.05) is 62.4 Å². The maximum absolute atomic E-state index is 13.4. The van der Waals surface area contributed by atoms with Crippen LogP contribution in [0, 0.1) is 12.7 Å². The lowest BCUT2D eigenvalue weighted by Crippen LogP contribution is -2.51. The Balaban J connectivity index is 1.44. The Kier molecular flexibility index (Phi) is 7.66. The van der Waals surface area contributed by atoms with Gasteiger partial charge in [0, 0.05) is 17.8 Å². The first-order valence-electron chi connectivity index (χ1n) is 13.0. The maximum atomic E-state index is 13.4. The van der Waals surface area contributed by atoms with Gasteiger partial charge in [0.2, 0.25) is 0 Å². The first-order valence-corrected chi connectivity index (χ1v) is 13.0. The SMILES string of the molecule is Cc1ccc(CNc2ccc3c(c2)C(OCc2ccccc2)C(OC(=O)c2ccc(F)cc2)C(C)(C)O3)cc1. The molecule has 0 saturated carbocycles. The van der Waals surface area contributed by atoms with Crippen molar-refractivity contribution in [3.05, 3.63) is 131 Å². The molecule has 0 bridgehead atoms. The number of benzene rings is 4. The average Bonchev–Trinajstić information content (AvgIpc) is 2.93. The highest BCUT2D eigenvalue weighted by Crippen LogP contribution is 2.45. The molecule has 39 heavy (non-hydrogen) atoms. The summed E-state index contributed by atoms with van der Waals surface area (Å²) in [5.74, 6) is -0.313. The first kappa shape index (κ1) is 26.4. The molecule has 1 aliphatic heterocycles. The molecule has 0 radical (unpaired) electrons. The van der Waals surface area contributed by atoms with Crippen LogP contribution in [0.5, 0.6) is 5.75 Å². The Morgan fingerprint density at radius 3 is 2.36 bits per heavy atom. The van der Waals surface area contributed by atoms with Crippen LogP contribution < -0.4 is 10.1 Å². The maximum Gasteiger partial charge on any atom is 0.338 e. The van der Waals surface area contributed by atoms with Crippen LogP contribution in [0.25, 0.3) is 0 Å². The molecule has 0 aliphatic carbocycles. The molecule has 1 aliphatic rings. The number of anilines is 1. The number of fused-ring (bicyclic) bond motifs is 1. The smallest absolute Gasteiger partial charge is 0.338 e. The van der Waals surface area contributed by atoms with Gasteiger partial charge in [0.1, 0.15) is 23.3 Å². The van der Waals surface area contributed by atoms with Crippen molar-refractivity contribution < 1.29 is 23.4 Å². The van der Waals surface area contributed by atoms with Crippen LogP contribution >= 0.6 is 0 Å². The molecule has 0 aromatic heterocycles. The van der Waals surface area contributed by atoms with Gasteiger partial charge in [-0.05, 0) is 74.4 Å². The molecular formula is C33H32FNO4. The van der Waals surface area contributed by atoms with E-state index in [1.165, 1.54) is 35.4 Å². The number of nitrogens with one attached hydrogen (secondary N) is 1. The highest BCUT2D eigenvalue weighted by molar-refractivity contribution is 5.89. The molecule has 1 N–H and O–H groups in total. The van der Waals surface area contributed by atoms with Crippen LogP contribution in [0.4, 0.5) is 10.1 Å². The zero-order chi connectivity index (χ0) is 27.4. The van der Waals surface area contributed by atoms with Crippen molar-refractivity contribution in [2.45, 2.75) is 51.7 Å². The van der Waals surface area contributed by atoms with Gasteiger partial charge in [-0.2, -0.15) is 0 Å². The fourth-order valence-electron chi connectivity index (χ4n) is 4.66. The number of esters is 1. The summed E-state index contributed by atoms with van der Waals surface area (Å²) in [7, 11) is 0. The Labute approximate surface area is 228 Å². The predicted molar refractivity (Wildman–Crippen MR) is 149 cm³/mol. The van der Waals surface area contributed by atoms with Crippen LogP contribution in [0.3, 0.4) is 0 Å². The monoisotopic (exact) mass is 525 g/mol. The van der Waals surface area contributed by atoms with Gasteiger partial charge >= 0.3 is 5.97 Å². The molecule has 2 atom stereocenters. The summed E-state index contributed by atoms with van der Waals surface area (Å²) in [6.45, 7) is 6.80. The Morgan fingerprint density at radius 1 is 0.923 bits per heavy atom. The van der Waals surface area contributed by atoms with Crippen LogP contribution in [-0.4, -0.2) is 17.7 Å². The highest BCUT2D eigenvalue weighted by Gasteiger charge is 2.47. The third-order valence-electron chi connectivity index (χ3n) is 6.85. The highest BCUT2D eigenvalue weighted by atomic mass is 19.1. The zero-order valence-corrected chi connectivity index (χ0v) is 22.3. The van der Waals surface area contributed by atoms with E-state index in [4.69, 9.17) is 14.2 Å². The lowest BCUT2D eigenvalue weighted by atomic mass is 9.87. The largest absolute Gasteiger partial charge is 0.483 e. The number of carbonyl (C=O) groups is 1. The molecule has 5 rings (SSSR count). The minimum absolute atomic E-state index is 0.258. The molecule has 4 aromatic carbocycles. The van der Waals surface area contributed by atoms with E-state index in [2.05, 4.69) is 36.5 Å². The molecule has 0 saturated heterocycles. The van der Waals surface area contributed by atoms with Gasteiger partial charge in [0.05, 0.1) is 12.2 Å². The van der Waals surface area contributed by atoms with Gasteiger partial charge in [0.25, 0.3) is 0 Å². The normalized spacial score (nSPS) is 17.5. The van der Waals surface area contributed by atoms with Crippen LogP contribution in [0.2, 0.25) is 0 Å². The fourth-order valence-corrected chi connectivity index (χ4v) is 4.66. The van der Waals surface area contributed by atoms with Crippen molar-refractivity contribution in [1.82, 2.24) is 0 Å². The van der Waals surface area contributed by atoms with E-state index in [-0.39, 0.29) is 5.56 Å². The van der Waals surface area contributed by atoms with Gasteiger partial charge in [-0.1, -0.05) is 60.2 Å². The standard InChI is InChI=1S/C33H32FNO4/c1-22-9-11-23(12-10-22)20-35-27-17-18-29-28(19-27)30(37-21-24-7-5-4-6-8-24)31(33(2,3)39-29)38-32(36)25-13-15-26(34)16-14-25/h4-19,30-31,35H,20-21H2,1-3H3. The Hall–Kier alpha value is -4.16. The third-order valence-corrected chi connectivity index (χ3v) is 6.85. The van der Waals surface area contributed by atoms with Crippen molar-refractivity contribution in [3.63, 3.8) is 0 Å². The molecule has 6 heteroatoms. The summed E-state index contributed by atoms with van der Waals surface area (Å²) >= 11 is 0. The van der Waals surface area contributed by atoms with Crippen LogP contribution in [0.15, 0.2) is 97.1 Å². The van der Waals surface area contributed by atoms with Crippen LogP contribution in [0.1, 0.15) is 52.6 Å². The van der Waals surface area contributed by atoms with Gasteiger partial charge < -0.3 is 19.5 Å². The molecule has 2 unspecified atom stereocenters. The first-order chi connectivity index (χ1) is 18.8. The topological polar surface area (TPSA) is 56.8 Å². The summed E-state index contributed by atoms with van der Waals surface area (Å²) < 4.78 is 32.3. The second kappa shape index (κ2) is 11.3. The summed E-state index contributed by atoms with van der Waals surface area (Å²) in [4.78, 5) is 13.1. The number of halogens is 1. The molecule has 0 fully saturated rings. The Bertz CT molecular complexity index is 1420. The fraction of sp³-hybridized carbons (Fsp3) is 0.242. The number of rotatable bonds is 8. The van der Waals surface area contributed by atoms with E-state index in [1.54, 1.807) is 0 Å². The second-order valence-electron chi connectivity index (χ2n) is 10.3. The summed E-state index contributed by atoms with van der Waals surface area (Å²) in [6.07, 6.45) is -1.37. The molecule has 200 valence electrons. The number of hydrogen-bond donors (Lipinski definition) is 1. The number of hydrogen-bond acceptors (Lipinski definition) is 5. The molecular weight excluding hydrogens is 493 g/mol. The summed E-state index contributed by atoms with van der Waals surface area (Å²) in [5, 5.41) is 3.48. The van der Waals surface area contributed by atoms with Crippen LogP contribution in [-0.2, 0) is 22.6 Å². The van der Waals surface area contributed by atoms with E-state index in [0.29, 0.717) is 18.9 Å². The minimum atomic E-state index is -0.888. The second-order valence-corrected chi connectivity index (χ2v) is 10.3. The number of ether oxygens (including phenoxy) is 3. The van der Waals surface area contributed by atoms with Crippen molar-refractivity contribution >= 4 is 11.7 Å². The van der Waals surface area contributed by atoms with Gasteiger partial charge in [-0.25, -0.2) is 9.18 Å². The molecule has 5 nitrogen and oxygen atoms in total. The summed E-state index contributed by atoms with van der Waals surface area (Å²) in [6, 6.07) is 29.4. The van der Waals surface area contributed by atoms with Gasteiger partial charge in [0.15, 0.2) is 6.10 Å². The molecule has 0 amide bonds. The lowest BCUT2D eigenvalue weighted by molar-refractivity contribution is -0.143.